The zero-order valence-corrected chi connectivity index (χ0v) is 18.6. The van der Waals surface area contributed by atoms with E-state index in [1.54, 1.807) is 13.0 Å². The molecular formula is C19H31ClO6S. The van der Waals surface area contributed by atoms with Crippen LogP contribution in [0.4, 0.5) is 0 Å². The van der Waals surface area contributed by atoms with Crippen LogP contribution in [0.25, 0.3) is 0 Å². The average molecular weight is 423 g/mol. The van der Waals surface area contributed by atoms with E-state index in [-0.39, 0.29) is 19.1 Å². The summed E-state index contributed by atoms with van der Waals surface area (Å²) in [5.74, 6) is 1.05. The molecule has 0 saturated carbocycles. The first-order chi connectivity index (χ1) is 12.7. The van der Waals surface area contributed by atoms with E-state index in [2.05, 4.69) is 18.8 Å². The fourth-order valence-electron chi connectivity index (χ4n) is 2.04. The Labute approximate surface area is 168 Å². The molecule has 1 aromatic rings. The highest BCUT2D eigenvalue weighted by Crippen LogP contribution is 2.38. The van der Waals surface area contributed by atoms with Crippen LogP contribution >= 0.6 is 21.6 Å². The number of esters is 1. The molecule has 8 heteroatoms. The molecule has 0 spiro atoms. The Morgan fingerprint density at radius 2 is 1.59 bits per heavy atom. The van der Waals surface area contributed by atoms with Gasteiger partial charge in [-0.2, -0.15) is 0 Å². The van der Waals surface area contributed by atoms with Gasteiger partial charge >= 0.3 is 5.97 Å². The van der Waals surface area contributed by atoms with E-state index in [1.807, 2.05) is 13.8 Å². The van der Waals surface area contributed by atoms with Gasteiger partial charge in [0.2, 0.25) is 0 Å². The molecule has 0 aliphatic carbocycles. The minimum absolute atomic E-state index is 0.00882. The Kier molecular flexibility index (Phi) is 10.3. The summed E-state index contributed by atoms with van der Waals surface area (Å²) in [6, 6.07) is 1.57. The highest BCUT2D eigenvalue weighted by molar-refractivity contribution is 8.32. The first-order valence-electron chi connectivity index (χ1n) is 8.78. The van der Waals surface area contributed by atoms with Crippen LogP contribution in [-0.4, -0.2) is 63.9 Å². The number of ether oxygens (including phenoxy) is 5. The van der Waals surface area contributed by atoms with Crippen LogP contribution in [0.3, 0.4) is 0 Å². The maximum Gasteiger partial charge on any atom is 0.342 e. The summed E-state index contributed by atoms with van der Waals surface area (Å²) >= 11 is 6.39. The van der Waals surface area contributed by atoms with Crippen LogP contribution in [0.5, 0.6) is 11.5 Å². The molecule has 0 aliphatic heterocycles. The zero-order chi connectivity index (χ0) is 20.4. The number of hydrogen-bond acceptors (Lipinski definition) is 6. The molecule has 0 saturated heterocycles. The van der Waals surface area contributed by atoms with E-state index in [9.17, 15) is 4.79 Å². The molecule has 0 radical (unpaired) electrons. The van der Waals surface area contributed by atoms with Gasteiger partial charge in [-0.05, 0) is 45.1 Å². The van der Waals surface area contributed by atoms with Crippen molar-refractivity contribution in [3.8, 4) is 11.5 Å². The second-order valence-electron chi connectivity index (χ2n) is 6.63. The number of rotatable bonds is 12. The van der Waals surface area contributed by atoms with Gasteiger partial charge in [0, 0.05) is 25.0 Å². The van der Waals surface area contributed by atoms with E-state index in [1.165, 1.54) is 0 Å². The fourth-order valence-corrected chi connectivity index (χ4v) is 2.83. The quantitative estimate of drug-likeness (QED) is 0.285. The van der Waals surface area contributed by atoms with Crippen LogP contribution in [-0.2, 0) is 14.2 Å². The van der Waals surface area contributed by atoms with Crippen molar-refractivity contribution in [2.75, 3.05) is 57.9 Å². The van der Waals surface area contributed by atoms with Crippen molar-refractivity contribution in [3.05, 3.63) is 22.2 Å². The van der Waals surface area contributed by atoms with E-state index < -0.39 is 16.0 Å². The normalized spacial score (nSPS) is 12.0. The van der Waals surface area contributed by atoms with E-state index >= 15 is 0 Å². The van der Waals surface area contributed by atoms with Crippen LogP contribution in [0.2, 0.25) is 5.02 Å². The number of halogens is 1. The molecule has 1 rings (SSSR count). The predicted molar refractivity (Wildman–Crippen MR) is 111 cm³/mol. The topological polar surface area (TPSA) is 63.2 Å². The van der Waals surface area contributed by atoms with Gasteiger partial charge in [0.15, 0.2) is 13.6 Å². The van der Waals surface area contributed by atoms with Crippen LogP contribution < -0.4 is 9.47 Å². The van der Waals surface area contributed by atoms with Gasteiger partial charge in [-0.25, -0.2) is 14.8 Å². The molecule has 0 unspecified atom stereocenters. The number of benzene rings is 1. The third-order valence-corrected chi connectivity index (χ3v) is 5.43. The zero-order valence-electron chi connectivity index (χ0n) is 17.1. The Morgan fingerprint density at radius 1 is 1.04 bits per heavy atom. The average Bonchev–Trinajstić information content (AvgIpc) is 2.58. The summed E-state index contributed by atoms with van der Waals surface area (Å²) in [5, 5.41) is 0.326. The molecule has 0 atom stereocenters. The second kappa shape index (κ2) is 11.6. The lowest BCUT2D eigenvalue weighted by atomic mass is 10.1. The molecule has 156 valence electrons. The molecule has 0 amide bonds. The Hall–Kier alpha value is -1.15. The molecular weight excluding hydrogens is 392 g/mol. The van der Waals surface area contributed by atoms with Crippen molar-refractivity contribution in [3.63, 3.8) is 0 Å². The molecule has 0 aliphatic rings. The summed E-state index contributed by atoms with van der Waals surface area (Å²) in [6.07, 6.45) is 6.51. The third kappa shape index (κ3) is 8.17. The molecule has 0 N–H and O–H groups in total. The van der Waals surface area contributed by atoms with Crippen molar-refractivity contribution in [1.82, 2.24) is 0 Å². The van der Waals surface area contributed by atoms with Crippen LogP contribution in [0.15, 0.2) is 6.07 Å². The van der Waals surface area contributed by atoms with Crippen LogP contribution in [0, 0.1) is 6.92 Å². The largest absolute Gasteiger partial charge is 0.466 e. The predicted octanol–water partition coefficient (Wildman–Crippen LogP) is 4.24. The van der Waals surface area contributed by atoms with Gasteiger partial charge in [0.1, 0.15) is 17.1 Å². The minimum atomic E-state index is -0.756. The lowest BCUT2D eigenvalue weighted by molar-refractivity contribution is 0.0172. The van der Waals surface area contributed by atoms with Crippen LogP contribution in [0.1, 0.15) is 29.8 Å². The molecule has 0 fully saturated rings. The van der Waals surface area contributed by atoms with Gasteiger partial charge in [0.05, 0.1) is 11.6 Å². The van der Waals surface area contributed by atoms with E-state index in [4.69, 9.17) is 35.3 Å². The lowest BCUT2D eigenvalue weighted by Crippen LogP contribution is -2.16. The number of hydrogen-bond donors (Lipinski definition) is 0. The SMILES string of the molecule is CCOCOc1cc(OCOCC)c(C(=O)OCCS(C)(C)C)c(C)c1Cl. The van der Waals surface area contributed by atoms with Gasteiger partial charge < -0.3 is 23.7 Å². The van der Waals surface area contributed by atoms with Crippen molar-refractivity contribution < 1.29 is 28.5 Å². The minimum Gasteiger partial charge on any atom is -0.466 e. The maximum absolute atomic E-state index is 12.7. The standard InChI is InChI=1S/C19H31ClO6S/c1-7-22-12-25-15-11-16(26-13-23-8-2)18(20)14(3)17(15)19(21)24-9-10-27(4,5)6/h11H,7-10,12-13H2,1-6H3. The second-order valence-corrected chi connectivity index (χ2v) is 11.6. The van der Waals surface area contributed by atoms with Crippen molar-refractivity contribution in [2.45, 2.75) is 20.8 Å². The van der Waals surface area contributed by atoms with Crippen molar-refractivity contribution in [2.24, 2.45) is 0 Å². The van der Waals surface area contributed by atoms with Gasteiger partial charge in [-0.1, -0.05) is 11.6 Å². The highest BCUT2D eigenvalue weighted by atomic mass is 35.5. The Morgan fingerprint density at radius 3 is 2.11 bits per heavy atom. The summed E-state index contributed by atoms with van der Waals surface area (Å²) < 4.78 is 27.1. The lowest BCUT2D eigenvalue weighted by Gasteiger charge is -2.24. The summed E-state index contributed by atoms with van der Waals surface area (Å²) in [5.41, 5.74) is 0.817. The van der Waals surface area contributed by atoms with E-state index in [0.717, 1.165) is 5.75 Å². The fraction of sp³-hybridized carbons (Fsp3) is 0.632. The molecule has 6 nitrogen and oxygen atoms in total. The maximum atomic E-state index is 12.7. The first kappa shape index (κ1) is 23.9. The van der Waals surface area contributed by atoms with Gasteiger partial charge in [-0.3, -0.25) is 0 Å². The Balaban J connectivity index is 3.07. The molecule has 1 aromatic carbocycles. The molecule has 0 aromatic heterocycles. The Bertz CT molecular complexity index is 615. The van der Waals surface area contributed by atoms with Crippen molar-refractivity contribution >= 4 is 27.6 Å². The van der Waals surface area contributed by atoms with E-state index in [0.29, 0.717) is 41.9 Å². The molecule has 27 heavy (non-hydrogen) atoms. The number of carbonyl (C=O) groups is 1. The molecule has 0 heterocycles. The summed E-state index contributed by atoms with van der Waals surface area (Å²) in [6.45, 7) is 6.88. The monoisotopic (exact) mass is 422 g/mol. The first-order valence-corrected chi connectivity index (χ1v) is 12.2. The smallest absolute Gasteiger partial charge is 0.342 e. The summed E-state index contributed by atoms with van der Waals surface area (Å²) in [4.78, 5) is 12.7. The van der Waals surface area contributed by atoms with Gasteiger partial charge in [-0.15, -0.1) is 0 Å². The number of carbonyl (C=O) groups excluding carboxylic acids is 1. The van der Waals surface area contributed by atoms with Crippen molar-refractivity contribution in [1.29, 1.82) is 0 Å². The highest BCUT2D eigenvalue weighted by Gasteiger charge is 2.23. The summed E-state index contributed by atoms with van der Waals surface area (Å²) in [7, 11) is -0.756. The third-order valence-electron chi connectivity index (χ3n) is 3.57. The van der Waals surface area contributed by atoms with Gasteiger partial charge in [0.25, 0.3) is 0 Å². The molecule has 0 bridgehead atoms.